The van der Waals surface area contributed by atoms with Crippen molar-refractivity contribution in [1.82, 2.24) is 5.32 Å². The molecule has 1 aromatic heterocycles. The molecule has 1 rings (SSSR count). The van der Waals surface area contributed by atoms with Crippen LogP contribution in [0.5, 0.6) is 0 Å². The Morgan fingerprint density at radius 1 is 1.37 bits per heavy atom. The molecule has 1 atom stereocenters. The van der Waals surface area contributed by atoms with Gasteiger partial charge in [0.2, 0.25) is 5.91 Å². The summed E-state index contributed by atoms with van der Waals surface area (Å²) < 4.78 is 0. The van der Waals surface area contributed by atoms with Crippen molar-refractivity contribution in [1.29, 1.82) is 0 Å². The lowest BCUT2D eigenvalue weighted by Gasteiger charge is -2.10. The average molecular weight is 307 g/mol. The van der Waals surface area contributed by atoms with Crippen LogP contribution in [-0.2, 0) is 4.79 Å². The summed E-state index contributed by atoms with van der Waals surface area (Å²) in [6.45, 7) is 1.01. The van der Waals surface area contributed by atoms with Gasteiger partial charge in [-0.25, -0.2) is 0 Å². The number of hydrogen-bond donors (Lipinski definition) is 3. The van der Waals surface area contributed by atoms with Crippen molar-refractivity contribution in [2.75, 3.05) is 13.1 Å². The van der Waals surface area contributed by atoms with Crippen LogP contribution in [0.15, 0.2) is 16.8 Å². The van der Waals surface area contributed by atoms with E-state index in [-0.39, 0.29) is 18.3 Å². The van der Waals surface area contributed by atoms with Gasteiger partial charge in [0, 0.05) is 13.0 Å². The highest BCUT2D eigenvalue weighted by molar-refractivity contribution is 7.07. The van der Waals surface area contributed by atoms with E-state index >= 15 is 0 Å². The van der Waals surface area contributed by atoms with Crippen LogP contribution in [0, 0.1) is 0 Å². The lowest BCUT2D eigenvalue weighted by molar-refractivity contribution is -0.121. The highest BCUT2D eigenvalue weighted by Gasteiger charge is 2.09. The fraction of sp³-hybridized carbons (Fsp3) is 0.615. The number of aliphatic hydroxyl groups is 1. The maximum atomic E-state index is 11.5. The highest BCUT2D eigenvalue weighted by atomic mass is 35.5. The number of carbonyl (C=O) groups is 1. The van der Waals surface area contributed by atoms with Crippen LogP contribution in [0.3, 0.4) is 0 Å². The molecule has 1 amide bonds. The fourth-order valence-corrected chi connectivity index (χ4v) is 2.37. The Hall–Kier alpha value is -0.620. The molecular formula is C13H23ClN2O2S. The first-order chi connectivity index (χ1) is 8.74. The molecule has 1 heterocycles. The molecule has 0 aromatic carbocycles. The third-order valence-corrected chi connectivity index (χ3v) is 3.48. The largest absolute Gasteiger partial charge is 0.387 e. The predicted molar refractivity (Wildman–Crippen MR) is 81.7 cm³/mol. The number of rotatable bonds is 9. The molecule has 0 radical (unpaired) electrons. The molecule has 1 unspecified atom stereocenters. The molecule has 19 heavy (non-hydrogen) atoms. The third-order valence-electron chi connectivity index (χ3n) is 2.78. The molecular weight excluding hydrogens is 284 g/mol. The van der Waals surface area contributed by atoms with Crippen molar-refractivity contribution in [2.24, 2.45) is 5.73 Å². The van der Waals surface area contributed by atoms with Crippen LogP contribution in [-0.4, -0.2) is 24.1 Å². The maximum absolute atomic E-state index is 11.5. The summed E-state index contributed by atoms with van der Waals surface area (Å²) in [6, 6.07) is 1.87. The van der Waals surface area contributed by atoms with E-state index in [1.54, 1.807) is 11.3 Å². The maximum Gasteiger partial charge on any atom is 0.220 e. The molecule has 0 aliphatic rings. The molecule has 0 saturated heterocycles. The number of amides is 1. The molecule has 0 saturated carbocycles. The number of halogens is 1. The van der Waals surface area contributed by atoms with Gasteiger partial charge in [0.25, 0.3) is 0 Å². The molecule has 0 aliphatic carbocycles. The van der Waals surface area contributed by atoms with Gasteiger partial charge in [0.1, 0.15) is 0 Å². The minimum atomic E-state index is -0.600. The van der Waals surface area contributed by atoms with E-state index in [4.69, 9.17) is 5.73 Å². The number of hydrogen-bond acceptors (Lipinski definition) is 4. The van der Waals surface area contributed by atoms with Crippen molar-refractivity contribution in [3.8, 4) is 0 Å². The minimum absolute atomic E-state index is 0. The highest BCUT2D eigenvalue weighted by Crippen LogP contribution is 2.15. The summed E-state index contributed by atoms with van der Waals surface area (Å²) in [5, 5.41) is 16.3. The normalized spacial score (nSPS) is 11.7. The Morgan fingerprint density at radius 3 is 2.74 bits per heavy atom. The van der Waals surface area contributed by atoms with E-state index in [2.05, 4.69) is 5.32 Å². The second-order valence-corrected chi connectivity index (χ2v) is 5.11. The summed E-state index contributed by atoms with van der Waals surface area (Å²) in [4.78, 5) is 11.5. The number of aliphatic hydroxyl groups excluding tert-OH is 1. The summed E-state index contributed by atoms with van der Waals surface area (Å²) >= 11 is 1.54. The van der Waals surface area contributed by atoms with E-state index in [1.807, 2.05) is 16.8 Å². The quantitative estimate of drug-likeness (QED) is 0.612. The summed E-state index contributed by atoms with van der Waals surface area (Å²) in [5.41, 5.74) is 6.26. The van der Waals surface area contributed by atoms with Crippen LogP contribution < -0.4 is 11.1 Å². The first-order valence-electron chi connectivity index (χ1n) is 6.41. The SMILES string of the molecule is Cl.NCCCCCCC(=O)NCC(O)c1ccsc1. The molecule has 0 bridgehead atoms. The minimum Gasteiger partial charge on any atom is -0.387 e. The van der Waals surface area contributed by atoms with Gasteiger partial charge < -0.3 is 16.2 Å². The second kappa shape index (κ2) is 11.2. The topological polar surface area (TPSA) is 75.4 Å². The standard InChI is InChI=1S/C13H22N2O2S.ClH/c14-7-4-2-1-3-5-13(17)15-9-12(16)11-6-8-18-10-11;/h6,8,10,12,16H,1-5,7,9,14H2,(H,15,17);1H. The predicted octanol–water partition coefficient (Wildman–Crippen LogP) is 2.23. The van der Waals surface area contributed by atoms with E-state index in [9.17, 15) is 9.90 Å². The zero-order chi connectivity index (χ0) is 13.2. The van der Waals surface area contributed by atoms with Crippen LogP contribution in [0.25, 0.3) is 0 Å². The fourth-order valence-electron chi connectivity index (χ4n) is 1.66. The molecule has 6 heteroatoms. The Labute approximate surface area is 124 Å². The first-order valence-corrected chi connectivity index (χ1v) is 7.35. The zero-order valence-electron chi connectivity index (χ0n) is 11.0. The number of nitrogens with one attached hydrogen (secondary N) is 1. The van der Waals surface area contributed by atoms with Crippen LogP contribution in [0.1, 0.15) is 43.8 Å². The van der Waals surface area contributed by atoms with Crippen LogP contribution in [0.4, 0.5) is 0 Å². The van der Waals surface area contributed by atoms with Gasteiger partial charge in [-0.3, -0.25) is 4.79 Å². The summed E-state index contributed by atoms with van der Waals surface area (Å²) in [6.07, 6.45) is 3.97. The lowest BCUT2D eigenvalue weighted by Crippen LogP contribution is -2.27. The first kappa shape index (κ1) is 18.4. The monoisotopic (exact) mass is 306 g/mol. The number of nitrogens with two attached hydrogens (primary N) is 1. The smallest absolute Gasteiger partial charge is 0.220 e. The number of unbranched alkanes of at least 4 members (excludes halogenated alkanes) is 3. The van der Waals surface area contributed by atoms with Gasteiger partial charge in [-0.2, -0.15) is 11.3 Å². The molecule has 110 valence electrons. The van der Waals surface area contributed by atoms with Crippen LogP contribution >= 0.6 is 23.7 Å². The number of carbonyl (C=O) groups excluding carboxylic acids is 1. The van der Waals surface area contributed by atoms with Crippen molar-refractivity contribution >= 4 is 29.7 Å². The summed E-state index contributed by atoms with van der Waals surface area (Å²) in [5.74, 6) is 0.0111. The second-order valence-electron chi connectivity index (χ2n) is 4.33. The Bertz CT molecular complexity index is 333. The van der Waals surface area contributed by atoms with Crippen molar-refractivity contribution in [2.45, 2.75) is 38.2 Å². The molecule has 0 fully saturated rings. The lowest BCUT2D eigenvalue weighted by atomic mass is 10.1. The van der Waals surface area contributed by atoms with E-state index in [0.29, 0.717) is 13.0 Å². The van der Waals surface area contributed by atoms with Crippen molar-refractivity contribution in [3.05, 3.63) is 22.4 Å². The molecule has 0 spiro atoms. The third kappa shape index (κ3) is 8.21. The molecule has 1 aromatic rings. The van der Waals surface area contributed by atoms with Crippen molar-refractivity contribution < 1.29 is 9.90 Å². The Morgan fingerprint density at radius 2 is 2.11 bits per heavy atom. The van der Waals surface area contributed by atoms with E-state index < -0.39 is 6.10 Å². The molecule has 0 aliphatic heterocycles. The van der Waals surface area contributed by atoms with E-state index in [1.165, 1.54) is 0 Å². The van der Waals surface area contributed by atoms with Gasteiger partial charge in [-0.1, -0.05) is 12.8 Å². The number of thiophene rings is 1. The van der Waals surface area contributed by atoms with Gasteiger partial charge in [-0.05, 0) is 41.8 Å². The van der Waals surface area contributed by atoms with Crippen molar-refractivity contribution in [3.63, 3.8) is 0 Å². The Balaban J connectivity index is 0.00000324. The molecule has 4 N–H and O–H groups in total. The summed E-state index contributed by atoms with van der Waals surface area (Å²) in [7, 11) is 0. The Kier molecular flexibility index (Phi) is 10.9. The van der Waals surface area contributed by atoms with Gasteiger partial charge in [0.15, 0.2) is 0 Å². The van der Waals surface area contributed by atoms with Gasteiger partial charge in [-0.15, -0.1) is 12.4 Å². The van der Waals surface area contributed by atoms with Gasteiger partial charge >= 0.3 is 0 Å². The van der Waals surface area contributed by atoms with Crippen LogP contribution in [0.2, 0.25) is 0 Å². The van der Waals surface area contributed by atoms with E-state index in [0.717, 1.165) is 37.8 Å². The van der Waals surface area contributed by atoms with Gasteiger partial charge in [0.05, 0.1) is 6.10 Å². The molecule has 4 nitrogen and oxygen atoms in total. The zero-order valence-corrected chi connectivity index (χ0v) is 12.6. The average Bonchev–Trinajstić information content (AvgIpc) is 2.89.